The molecule has 0 unspecified atom stereocenters. The lowest BCUT2D eigenvalue weighted by atomic mass is 10.2. The standard InChI is InChI=1S/C17H23N3O2/c1-4-5-6-7-12-21-16-10-8-15(9-11-16)18-19-17-13(2)20-22-14(17)3/h8-11H,4-7,12H2,1-3H3/b19-18+. The number of unbranched alkanes of at least 4 members (excludes halogenated alkanes) is 3. The average Bonchev–Trinajstić information content (AvgIpc) is 2.85. The molecule has 5 nitrogen and oxygen atoms in total. The van der Waals surface area contributed by atoms with Crippen molar-refractivity contribution in [2.24, 2.45) is 10.2 Å². The quantitative estimate of drug-likeness (QED) is 0.466. The van der Waals surface area contributed by atoms with Crippen molar-refractivity contribution >= 4 is 11.4 Å². The third-order valence-corrected chi connectivity index (χ3v) is 3.36. The molecule has 0 radical (unpaired) electrons. The first-order valence-corrected chi connectivity index (χ1v) is 7.78. The van der Waals surface area contributed by atoms with Gasteiger partial charge in [0, 0.05) is 0 Å². The van der Waals surface area contributed by atoms with E-state index in [-0.39, 0.29) is 0 Å². The van der Waals surface area contributed by atoms with Gasteiger partial charge in [-0.1, -0.05) is 31.3 Å². The van der Waals surface area contributed by atoms with E-state index < -0.39 is 0 Å². The zero-order valence-electron chi connectivity index (χ0n) is 13.5. The molecule has 1 heterocycles. The zero-order chi connectivity index (χ0) is 15.8. The van der Waals surface area contributed by atoms with Crippen LogP contribution in [0.4, 0.5) is 11.4 Å². The molecule has 1 aromatic heterocycles. The normalized spacial score (nSPS) is 11.2. The van der Waals surface area contributed by atoms with Crippen LogP contribution in [0.5, 0.6) is 5.75 Å². The fourth-order valence-corrected chi connectivity index (χ4v) is 2.06. The van der Waals surface area contributed by atoms with E-state index in [1.807, 2.05) is 38.1 Å². The summed E-state index contributed by atoms with van der Waals surface area (Å²) in [6.07, 6.45) is 4.83. The Labute approximate surface area is 131 Å². The Hall–Kier alpha value is -2.17. The molecule has 0 fully saturated rings. The Morgan fingerprint density at radius 1 is 1.05 bits per heavy atom. The number of aryl methyl sites for hydroxylation is 2. The predicted molar refractivity (Wildman–Crippen MR) is 86.2 cm³/mol. The molecule has 118 valence electrons. The van der Waals surface area contributed by atoms with E-state index in [9.17, 15) is 0 Å². The average molecular weight is 301 g/mol. The van der Waals surface area contributed by atoms with Crippen molar-refractivity contribution in [3.05, 3.63) is 35.7 Å². The smallest absolute Gasteiger partial charge is 0.161 e. The molecule has 2 rings (SSSR count). The van der Waals surface area contributed by atoms with Crippen molar-refractivity contribution in [1.82, 2.24) is 5.16 Å². The Bertz CT molecular complexity index is 583. The molecule has 0 saturated carbocycles. The maximum atomic E-state index is 5.70. The van der Waals surface area contributed by atoms with Crippen LogP contribution in [-0.4, -0.2) is 11.8 Å². The van der Waals surface area contributed by atoms with E-state index in [4.69, 9.17) is 9.26 Å². The van der Waals surface area contributed by atoms with Gasteiger partial charge in [0.15, 0.2) is 11.4 Å². The van der Waals surface area contributed by atoms with Crippen LogP contribution < -0.4 is 4.74 Å². The summed E-state index contributed by atoms with van der Waals surface area (Å²) in [5, 5.41) is 12.2. The minimum atomic E-state index is 0.674. The van der Waals surface area contributed by atoms with Crippen molar-refractivity contribution in [2.45, 2.75) is 46.5 Å². The van der Waals surface area contributed by atoms with E-state index in [1.165, 1.54) is 19.3 Å². The number of hydrogen-bond acceptors (Lipinski definition) is 5. The van der Waals surface area contributed by atoms with Gasteiger partial charge >= 0.3 is 0 Å². The molecule has 22 heavy (non-hydrogen) atoms. The van der Waals surface area contributed by atoms with Gasteiger partial charge in [-0.15, -0.1) is 5.11 Å². The van der Waals surface area contributed by atoms with Crippen molar-refractivity contribution in [3.63, 3.8) is 0 Å². The topological polar surface area (TPSA) is 60.0 Å². The molecule has 0 spiro atoms. The molecule has 0 aliphatic carbocycles. The number of nitrogens with zero attached hydrogens (tertiary/aromatic N) is 3. The Kier molecular flexibility index (Phi) is 6.13. The van der Waals surface area contributed by atoms with Gasteiger partial charge in [0.05, 0.1) is 12.3 Å². The summed E-state index contributed by atoms with van der Waals surface area (Å²) in [6.45, 7) is 6.64. The van der Waals surface area contributed by atoms with Gasteiger partial charge < -0.3 is 9.26 Å². The molecule has 0 saturated heterocycles. The number of hydrogen-bond donors (Lipinski definition) is 0. The maximum Gasteiger partial charge on any atom is 0.161 e. The highest BCUT2D eigenvalue weighted by molar-refractivity contribution is 5.45. The van der Waals surface area contributed by atoms with Crippen LogP contribution in [-0.2, 0) is 0 Å². The second-order valence-corrected chi connectivity index (χ2v) is 5.28. The van der Waals surface area contributed by atoms with Gasteiger partial charge in [-0.2, -0.15) is 5.11 Å². The molecule has 0 atom stereocenters. The van der Waals surface area contributed by atoms with E-state index in [0.29, 0.717) is 11.4 Å². The third kappa shape index (κ3) is 4.69. The fourth-order valence-electron chi connectivity index (χ4n) is 2.06. The minimum absolute atomic E-state index is 0.674. The Morgan fingerprint density at radius 3 is 2.45 bits per heavy atom. The van der Waals surface area contributed by atoms with Gasteiger partial charge in [0.2, 0.25) is 0 Å². The number of aromatic nitrogens is 1. The molecular formula is C17H23N3O2. The second-order valence-electron chi connectivity index (χ2n) is 5.28. The van der Waals surface area contributed by atoms with Crippen LogP contribution in [0.15, 0.2) is 39.0 Å². The SMILES string of the molecule is CCCCCCOc1ccc(/N=N/c2c(C)noc2C)cc1. The lowest BCUT2D eigenvalue weighted by Gasteiger charge is -2.05. The van der Waals surface area contributed by atoms with Crippen LogP contribution in [0.1, 0.15) is 44.1 Å². The van der Waals surface area contributed by atoms with E-state index in [0.717, 1.165) is 30.2 Å². The van der Waals surface area contributed by atoms with Crippen LogP contribution in [0.2, 0.25) is 0 Å². The highest BCUT2D eigenvalue weighted by atomic mass is 16.5. The van der Waals surface area contributed by atoms with Crippen molar-refractivity contribution in [2.75, 3.05) is 6.61 Å². The van der Waals surface area contributed by atoms with E-state index in [1.54, 1.807) is 0 Å². The van der Waals surface area contributed by atoms with Gasteiger partial charge in [0.25, 0.3) is 0 Å². The van der Waals surface area contributed by atoms with Crippen LogP contribution in [0, 0.1) is 13.8 Å². The monoisotopic (exact) mass is 301 g/mol. The van der Waals surface area contributed by atoms with Crippen molar-refractivity contribution in [3.8, 4) is 5.75 Å². The third-order valence-electron chi connectivity index (χ3n) is 3.36. The molecule has 0 bridgehead atoms. The van der Waals surface area contributed by atoms with Crippen LogP contribution >= 0.6 is 0 Å². The van der Waals surface area contributed by atoms with E-state index in [2.05, 4.69) is 22.3 Å². The number of rotatable bonds is 8. The largest absolute Gasteiger partial charge is 0.494 e. The molecule has 1 aromatic carbocycles. The lowest BCUT2D eigenvalue weighted by molar-refractivity contribution is 0.305. The summed E-state index contributed by atoms with van der Waals surface area (Å²) < 4.78 is 10.8. The summed E-state index contributed by atoms with van der Waals surface area (Å²) in [7, 11) is 0. The number of benzene rings is 1. The lowest BCUT2D eigenvalue weighted by Crippen LogP contribution is -1.96. The summed E-state index contributed by atoms with van der Waals surface area (Å²) in [6, 6.07) is 7.62. The molecule has 0 aliphatic rings. The summed E-state index contributed by atoms with van der Waals surface area (Å²) >= 11 is 0. The van der Waals surface area contributed by atoms with Crippen LogP contribution in [0.3, 0.4) is 0 Å². The van der Waals surface area contributed by atoms with Gasteiger partial charge in [-0.25, -0.2) is 0 Å². The highest BCUT2D eigenvalue weighted by Crippen LogP contribution is 2.26. The molecule has 2 aromatic rings. The van der Waals surface area contributed by atoms with Gasteiger partial charge in [-0.05, 0) is 44.5 Å². The summed E-state index contributed by atoms with van der Waals surface area (Å²) in [5.74, 6) is 1.54. The minimum Gasteiger partial charge on any atom is -0.494 e. The fraction of sp³-hybridized carbons (Fsp3) is 0.471. The van der Waals surface area contributed by atoms with Crippen molar-refractivity contribution in [1.29, 1.82) is 0 Å². The summed E-state index contributed by atoms with van der Waals surface area (Å²) in [4.78, 5) is 0. The second kappa shape index (κ2) is 8.32. The number of ether oxygens (including phenoxy) is 1. The maximum absolute atomic E-state index is 5.70. The first kappa shape index (κ1) is 16.2. The molecule has 0 amide bonds. The Balaban J connectivity index is 1.86. The van der Waals surface area contributed by atoms with Gasteiger partial charge in [-0.3, -0.25) is 0 Å². The molecule has 5 heteroatoms. The first-order chi connectivity index (χ1) is 10.7. The molecule has 0 N–H and O–H groups in total. The van der Waals surface area contributed by atoms with Crippen LogP contribution in [0.25, 0.3) is 0 Å². The Morgan fingerprint density at radius 2 is 1.82 bits per heavy atom. The van der Waals surface area contributed by atoms with Crippen molar-refractivity contribution < 1.29 is 9.26 Å². The van der Waals surface area contributed by atoms with Gasteiger partial charge in [0.1, 0.15) is 11.4 Å². The zero-order valence-corrected chi connectivity index (χ0v) is 13.5. The molecular weight excluding hydrogens is 278 g/mol. The highest BCUT2D eigenvalue weighted by Gasteiger charge is 2.07. The summed E-state index contributed by atoms with van der Waals surface area (Å²) in [5.41, 5.74) is 2.21. The first-order valence-electron chi connectivity index (χ1n) is 7.78. The predicted octanol–water partition coefficient (Wildman–Crippen LogP) is 5.67. The van der Waals surface area contributed by atoms with E-state index >= 15 is 0 Å². The molecule has 0 aliphatic heterocycles. The number of azo groups is 1.